The Labute approximate surface area is 196 Å². The number of allylic oxidation sites excluding steroid dienone is 2. The molecule has 0 radical (unpaired) electrons. The molecule has 31 heavy (non-hydrogen) atoms. The molecular weight excluding hydrogens is 496 g/mol. The van der Waals surface area contributed by atoms with Crippen LogP contribution in [0.4, 0.5) is 5.69 Å². The fourth-order valence-corrected chi connectivity index (χ4v) is 6.84. The first-order valence-corrected chi connectivity index (χ1v) is 12.6. The number of carboxylic acid groups (broad SMARTS) is 1. The van der Waals surface area contributed by atoms with Gasteiger partial charge in [0.25, 0.3) is 0 Å². The number of aromatic nitrogens is 1. The number of halogens is 1. The fourth-order valence-electron chi connectivity index (χ4n) is 4.51. The Morgan fingerprint density at radius 3 is 2.61 bits per heavy atom. The lowest BCUT2D eigenvalue weighted by atomic mass is 9.82. The van der Waals surface area contributed by atoms with Gasteiger partial charge in [-0.3, -0.25) is 9.59 Å². The zero-order valence-electron chi connectivity index (χ0n) is 16.3. The van der Waals surface area contributed by atoms with Gasteiger partial charge in [0.1, 0.15) is 0 Å². The Kier molecular flexibility index (Phi) is 5.62. The maximum atomic E-state index is 12.9. The van der Waals surface area contributed by atoms with E-state index in [1.807, 2.05) is 42.5 Å². The molecule has 1 heterocycles. The van der Waals surface area contributed by atoms with E-state index in [1.165, 1.54) is 5.56 Å². The molecule has 1 amide bonds. The van der Waals surface area contributed by atoms with Crippen LogP contribution < -0.4 is 5.32 Å². The Hall–Kier alpha value is -2.16. The zero-order valence-corrected chi connectivity index (χ0v) is 19.5. The van der Waals surface area contributed by atoms with Crippen molar-refractivity contribution >= 4 is 66.8 Å². The zero-order chi connectivity index (χ0) is 21.5. The molecule has 2 aliphatic rings. The lowest BCUT2D eigenvalue weighted by Crippen LogP contribution is -2.36. The van der Waals surface area contributed by atoms with Gasteiger partial charge in [-0.2, -0.15) is 0 Å². The summed E-state index contributed by atoms with van der Waals surface area (Å²) in [5.41, 5.74) is 2.81. The maximum Gasteiger partial charge on any atom is 0.307 e. The molecule has 2 aliphatic carbocycles. The summed E-state index contributed by atoms with van der Waals surface area (Å²) < 4.78 is 3.04. The van der Waals surface area contributed by atoms with Gasteiger partial charge in [0.05, 0.1) is 22.1 Å². The first-order valence-electron chi connectivity index (χ1n) is 9.98. The highest BCUT2D eigenvalue weighted by Gasteiger charge is 2.51. The van der Waals surface area contributed by atoms with Crippen molar-refractivity contribution in [1.29, 1.82) is 0 Å². The molecule has 158 valence electrons. The van der Waals surface area contributed by atoms with Crippen molar-refractivity contribution in [3.05, 3.63) is 64.7 Å². The van der Waals surface area contributed by atoms with E-state index < -0.39 is 17.8 Å². The summed E-state index contributed by atoms with van der Waals surface area (Å²) in [5, 5.41) is 12.5. The quantitative estimate of drug-likeness (QED) is 0.320. The topological polar surface area (TPSA) is 79.3 Å². The molecule has 2 aromatic carbocycles. The van der Waals surface area contributed by atoms with Crippen LogP contribution in [-0.4, -0.2) is 22.0 Å². The molecule has 3 aromatic rings. The third-order valence-corrected chi connectivity index (χ3v) is 8.72. The van der Waals surface area contributed by atoms with Crippen LogP contribution in [-0.2, 0) is 15.3 Å². The molecule has 1 fully saturated rings. The van der Waals surface area contributed by atoms with Gasteiger partial charge in [-0.1, -0.05) is 52.0 Å². The second-order valence-corrected chi connectivity index (χ2v) is 11.1. The number of thioether (sulfide) groups is 1. The summed E-state index contributed by atoms with van der Waals surface area (Å²) in [6.07, 6.45) is 4.70. The largest absolute Gasteiger partial charge is 0.481 e. The predicted octanol–water partition coefficient (Wildman–Crippen LogP) is 5.81. The minimum atomic E-state index is -0.887. The third kappa shape index (κ3) is 4.16. The lowest BCUT2D eigenvalue weighted by molar-refractivity contribution is -0.146. The minimum Gasteiger partial charge on any atom is -0.481 e. The summed E-state index contributed by atoms with van der Waals surface area (Å²) in [6.45, 7) is 0. The van der Waals surface area contributed by atoms with Crippen LogP contribution >= 0.6 is 39.0 Å². The summed E-state index contributed by atoms with van der Waals surface area (Å²) in [7, 11) is 0. The van der Waals surface area contributed by atoms with Gasteiger partial charge >= 0.3 is 5.97 Å². The van der Waals surface area contributed by atoms with E-state index in [-0.39, 0.29) is 17.7 Å². The van der Waals surface area contributed by atoms with E-state index in [4.69, 9.17) is 0 Å². The highest BCUT2D eigenvalue weighted by molar-refractivity contribution is 9.10. The van der Waals surface area contributed by atoms with E-state index >= 15 is 0 Å². The molecular formula is C23H19BrN2O3S2. The van der Waals surface area contributed by atoms with Crippen LogP contribution in [0.15, 0.2) is 63.4 Å². The van der Waals surface area contributed by atoms with Crippen LogP contribution in [0.25, 0.3) is 10.2 Å². The van der Waals surface area contributed by atoms with Crippen molar-refractivity contribution in [2.45, 2.75) is 16.5 Å². The summed E-state index contributed by atoms with van der Waals surface area (Å²) >= 11 is 6.74. The molecule has 0 spiro atoms. The van der Waals surface area contributed by atoms with Crippen molar-refractivity contribution in [2.24, 2.45) is 23.7 Å². The molecule has 5 rings (SSSR count). The Morgan fingerprint density at radius 2 is 1.87 bits per heavy atom. The molecule has 2 bridgehead atoms. The van der Waals surface area contributed by atoms with Crippen molar-refractivity contribution in [3.8, 4) is 0 Å². The van der Waals surface area contributed by atoms with Gasteiger partial charge in [0.2, 0.25) is 5.91 Å². The van der Waals surface area contributed by atoms with Gasteiger partial charge in [0.15, 0.2) is 4.34 Å². The first-order chi connectivity index (χ1) is 15.0. The van der Waals surface area contributed by atoms with Crippen LogP contribution in [0.1, 0.15) is 12.0 Å². The molecule has 0 unspecified atom stereocenters. The molecule has 1 aromatic heterocycles. The Morgan fingerprint density at radius 1 is 1.13 bits per heavy atom. The van der Waals surface area contributed by atoms with Gasteiger partial charge in [-0.05, 0) is 54.2 Å². The van der Waals surface area contributed by atoms with Crippen molar-refractivity contribution in [3.63, 3.8) is 0 Å². The van der Waals surface area contributed by atoms with Gasteiger partial charge in [-0.25, -0.2) is 4.98 Å². The molecule has 1 saturated carbocycles. The number of benzene rings is 2. The molecule has 5 nitrogen and oxygen atoms in total. The lowest BCUT2D eigenvalue weighted by Gasteiger charge is -2.23. The van der Waals surface area contributed by atoms with Crippen molar-refractivity contribution in [1.82, 2.24) is 4.98 Å². The van der Waals surface area contributed by atoms with Gasteiger partial charge in [0, 0.05) is 15.9 Å². The molecule has 2 N–H and O–H groups in total. The second-order valence-electron chi connectivity index (χ2n) is 7.90. The van der Waals surface area contributed by atoms with Gasteiger partial charge < -0.3 is 10.4 Å². The number of hydrogen-bond donors (Lipinski definition) is 2. The highest BCUT2D eigenvalue weighted by atomic mass is 79.9. The summed E-state index contributed by atoms with van der Waals surface area (Å²) in [6, 6.07) is 13.9. The first kappa shape index (κ1) is 20.7. The van der Waals surface area contributed by atoms with Gasteiger partial charge in [-0.15, -0.1) is 11.3 Å². The smallest absolute Gasteiger partial charge is 0.307 e. The third-order valence-electron chi connectivity index (χ3n) is 5.96. The van der Waals surface area contributed by atoms with E-state index in [0.717, 1.165) is 31.2 Å². The number of anilines is 1. The molecule has 0 saturated heterocycles. The number of thiazole rings is 1. The SMILES string of the molecule is O=C(O)[C@H]1[C@H](C(=O)Nc2ccc3nc(SCc4ccc(Br)cc4)sc3c2)[C@H]2C=C[C@H]1C2. The predicted molar refractivity (Wildman–Crippen MR) is 127 cm³/mol. The maximum absolute atomic E-state index is 12.9. The van der Waals surface area contributed by atoms with E-state index in [2.05, 4.69) is 38.4 Å². The highest BCUT2D eigenvalue weighted by Crippen LogP contribution is 2.48. The molecule has 8 heteroatoms. The number of nitrogens with one attached hydrogen (secondary N) is 1. The number of aliphatic carboxylic acids is 1. The average Bonchev–Trinajstić information content (AvgIpc) is 3.47. The summed E-state index contributed by atoms with van der Waals surface area (Å²) in [4.78, 5) is 29.3. The van der Waals surface area contributed by atoms with Crippen LogP contribution in [0.2, 0.25) is 0 Å². The Bertz CT molecular complexity index is 1190. The number of amides is 1. The van der Waals surface area contributed by atoms with Crippen molar-refractivity contribution in [2.75, 3.05) is 5.32 Å². The van der Waals surface area contributed by atoms with E-state index in [0.29, 0.717) is 5.69 Å². The Balaban J connectivity index is 1.29. The minimum absolute atomic E-state index is 0.0137. The molecule has 4 atom stereocenters. The second kappa shape index (κ2) is 8.41. The number of hydrogen-bond acceptors (Lipinski definition) is 5. The van der Waals surface area contributed by atoms with E-state index in [9.17, 15) is 14.7 Å². The monoisotopic (exact) mass is 514 g/mol. The van der Waals surface area contributed by atoms with Crippen LogP contribution in [0.3, 0.4) is 0 Å². The summed E-state index contributed by atoms with van der Waals surface area (Å²) in [5.74, 6) is -1.43. The number of carbonyl (C=O) groups is 2. The fraction of sp³-hybridized carbons (Fsp3) is 0.261. The number of carboxylic acids is 1. The number of rotatable bonds is 6. The van der Waals surface area contributed by atoms with E-state index in [1.54, 1.807) is 23.1 Å². The number of carbonyl (C=O) groups excluding carboxylic acids is 1. The normalized spacial score (nSPS) is 24.0. The number of fused-ring (bicyclic) bond motifs is 3. The van der Waals surface area contributed by atoms with Crippen LogP contribution in [0.5, 0.6) is 0 Å². The average molecular weight is 515 g/mol. The van der Waals surface area contributed by atoms with Crippen LogP contribution in [0, 0.1) is 23.7 Å². The number of nitrogens with zero attached hydrogens (tertiary/aromatic N) is 1. The van der Waals surface area contributed by atoms with Crippen molar-refractivity contribution < 1.29 is 14.7 Å². The molecule has 0 aliphatic heterocycles. The standard InChI is InChI=1S/C23H19BrN2O3S2/c24-15-5-1-12(2-6-15)11-30-23-26-17-8-7-16(10-18(17)31-23)25-21(27)19-13-3-4-14(9-13)20(19)22(28)29/h1-8,10,13-14,19-20H,9,11H2,(H,25,27)(H,28,29)/t13-,14-,19+,20+/m0/s1.